The monoisotopic (exact) mass is 263 g/mol. The molecular weight excluding hydrogens is 242 g/mol. The topological polar surface area (TPSA) is 65.5 Å². The Hall–Kier alpha value is -1.46. The molecular formula is C14H21N3O2. The fourth-order valence-electron chi connectivity index (χ4n) is 2.47. The molecule has 1 amide bonds. The van der Waals surface area contributed by atoms with E-state index in [2.05, 4.69) is 15.2 Å². The molecule has 2 rings (SSSR count). The van der Waals surface area contributed by atoms with Crippen molar-refractivity contribution in [1.82, 2.24) is 9.88 Å². The number of amides is 1. The van der Waals surface area contributed by atoms with Crippen LogP contribution in [0.15, 0.2) is 24.5 Å². The lowest BCUT2D eigenvalue weighted by Gasteiger charge is -2.33. The summed E-state index contributed by atoms with van der Waals surface area (Å²) in [7, 11) is 0. The summed E-state index contributed by atoms with van der Waals surface area (Å²) in [5, 5.41) is 12.5. The highest BCUT2D eigenvalue weighted by Crippen LogP contribution is 2.19. The third-order valence-corrected chi connectivity index (χ3v) is 3.56. The van der Waals surface area contributed by atoms with Crippen LogP contribution in [0.25, 0.3) is 0 Å². The number of nitrogens with one attached hydrogen (secondary N) is 1. The first kappa shape index (κ1) is 14.0. The van der Waals surface area contributed by atoms with Gasteiger partial charge >= 0.3 is 0 Å². The second kappa shape index (κ2) is 6.63. The molecule has 0 aliphatic carbocycles. The average molecular weight is 263 g/mol. The molecule has 5 heteroatoms. The quantitative estimate of drug-likeness (QED) is 0.854. The average Bonchev–Trinajstić information content (AvgIpc) is 2.40. The minimum Gasteiger partial charge on any atom is -0.393 e. The van der Waals surface area contributed by atoms with Crippen molar-refractivity contribution in [2.24, 2.45) is 5.92 Å². The van der Waals surface area contributed by atoms with E-state index in [0.717, 1.165) is 31.6 Å². The zero-order chi connectivity index (χ0) is 13.7. The molecule has 1 aromatic rings. The van der Waals surface area contributed by atoms with E-state index in [9.17, 15) is 9.90 Å². The number of aromatic nitrogens is 1. The summed E-state index contributed by atoms with van der Waals surface area (Å²) in [5.74, 6) is 0.264. The molecule has 0 aromatic carbocycles. The van der Waals surface area contributed by atoms with E-state index in [1.165, 1.54) is 0 Å². The molecule has 104 valence electrons. The van der Waals surface area contributed by atoms with Crippen LogP contribution in [0, 0.1) is 5.92 Å². The molecule has 0 bridgehead atoms. The van der Waals surface area contributed by atoms with E-state index in [-0.39, 0.29) is 17.9 Å². The number of aliphatic hydroxyl groups excluding tert-OH is 1. The van der Waals surface area contributed by atoms with Gasteiger partial charge in [-0.3, -0.25) is 14.7 Å². The number of aliphatic hydroxyl groups is 1. The lowest BCUT2D eigenvalue weighted by molar-refractivity contribution is -0.118. The van der Waals surface area contributed by atoms with Crippen LogP contribution in [-0.2, 0) is 4.79 Å². The maximum absolute atomic E-state index is 11.9. The number of piperidine rings is 1. The van der Waals surface area contributed by atoms with Crippen LogP contribution in [-0.4, -0.2) is 46.6 Å². The molecule has 5 nitrogen and oxygen atoms in total. The fraction of sp³-hybridized carbons (Fsp3) is 0.571. The van der Waals surface area contributed by atoms with Crippen LogP contribution in [0.2, 0.25) is 0 Å². The molecule has 1 aliphatic heterocycles. The smallest absolute Gasteiger partial charge is 0.238 e. The molecule has 1 saturated heterocycles. The van der Waals surface area contributed by atoms with Crippen LogP contribution >= 0.6 is 0 Å². The molecule has 2 heterocycles. The summed E-state index contributed by atoms with van der Waals surface area (Å²) < 4.78 is 0. The van der Waals surface area contributed by atoms with Crippen LogP contribution < -0.4 is 5.32 Å². The van der Waals surface area contributed by atoms with Gasteiger partial charge in [0.05, 0.1) is 12.6 Å². The predicted octanol–water partition coefficient (Wildman–Crippen LogP) is 1.11. The molecule has 2 atom stereocenters. The Bertz CT molecular complexity index is 408. The lowest BCUT2D eigenvalue weighted by Crippen LogP contribution is -2.43. The molecule has 1 aromatic heterocycles. The first-order valence-electron chi connectivity index (χ1n) is 6.75. The summed E-state index contributed by atoms with van der Waals surface area (Å²) in [4.78, 5) is 17.9. The van der Waals surface area contributed by atoms with Gasteiger partial charge in [-0.05, 0) is 44.4 Å². The van der Waals surface area contributed by atoms with Gasteiger partial charge in [-0.25, -0.2) is 0 Å². The second-order valence-corrected chi connectivity index (χ2v) is 5.16. The highest BCUT2D eigenvalue weighted by Gasteiger charge is 2.24. The van der Waals surface area contributed by atoms with Crippen molar-refractivity contribution in [3.63, 3.8) is 0 Å². The molecule has 1 aliphatic rings. The van der Waals surface area contributed by atoms with E-state index >= 15 is 0 Å². The van der Waals surface area contributed by atoms with Gasteiger partial charge in [0.2, 0.25) is 5.91 Å². The molecule has 0 spiro atoms. The predicted molar refractivity (Wildman–Crippen MR) is 73.7 cm³/mol. The van der Waals surface area contributed by atoms with Crippen molar-refractivity contribution in [3.8, 4) is 0 Å². The van der Waals surface area contributed by atoms with Crippen LogP contribution in [0.1, 0.15) is 19.8 Å². The SMILES string of the molecule is CC(O)C1CCCN(CC(=O)Nc2ccncc2)C1. The number of rotatable bonds is 4. The Kier molecular flexibility index (Phi) is 4.87. The van der Waals surface area contributed by atoms with Gasteiger partial charge < -0.3 is 10.4 Å². The molecule has 0 saturated carbocycles. The maximum atomic E-state index is 11.9. The van der Waals surface area contributed by atoms with Crippen LogP contribution in [0.4, 0.5) is 5.69 Å². The van der Waals surface area contributed by atoms with Gasteiger partial charge in [-0.1, -0.05) is 0 Å². The number of carbonyl (C=O) groups is 1. The van der Waals surface area contributed by atoms with Gasteiger partial charge in [-0.2, -0.15) is 0 Å². The van der Waals surface area contributed by atoms with E-state index in [0.29, 0.717) is 6.54 Å². The van der Waals surface area contributed by atoms with Crippen molar-refractivity contribution in [1.29, 1.82) is 0 Å². The van der Waals surface area contributed by atoms with Crippen molar-refractivity contribution in [2.45, 2.75) is 25.9 Å². The van der Waals surface area contributed by atoms with E-state index < -0.39 is 0 Å². The van der Waals surface area contributed by atoms with Gasteiger partial charge in [-0.15, -0.1) is 0 Å². The second-order valence-electron chi connectivity index (χ2n) is 5.16. The van der Waals surface area contributed by atoms with Gasteiger partial charge in [0.15, 0.2) is 0 Å². The van der Waals surface area contributed by atoms with E-state index in [1.54, 1.807) is 24.5 Å². The number of pyridine rings is 1. The maximum Gasteiger partial charge on any atom is 0.238 e. The van der Waals surface area contributed by atoms with E-state index in [4.69, 9.17) is 0 Å². The van der Waals surface area contributed by atoms with Crippen LogP contribution in [0.5, 0.6) is 0 Å². The molecule has 1 fully saturated rings. The summed E-state index contributed by atoms with van der Waals surface area (Å²) in [5.41, 5.74) is 0.768. The molecule has 0 radical (unpaired) electrons. The van der Waals surface area contributed by atoms with Crippen molar-refractivity contribution in [2.75, 3.05) is 25.0 Å². The highest BCUT2D eigenvalue weighted by molar-refractivity contribution is 5.92. The fourth-order valence-corrected chi connectivity index (χ4v) is 2.47. The number of nitrogens with zero attached hydrogens (tertiary/aromatic N) is 2. The Morgan fingerprint density at radius 3 is 3.00 bits per heavy atom. The number of hydrogen-bond donors (Lipinski definition) is 2. The summed E-state index contributed by atoms with van der Waals surface area (Å²) in [6.07, 6.45) is 5.09. The first-order valence-corrected chi connectivity index (χ1v) is 6.75. The van der Waals surface area contributed by atoms with Crippen LogP contribution in [0.3, 0.4) is 0 Å². The van der Waals surface area contributed by atoms with E-state index in [1.807, 2.05) is 6.92 Å². The Balaban J connectivity index is 1.82. The standard InChI is InChI=1S/C14H21N3O2/c1-11(18)12-3-2-8-17(9-12)10-14(19)16-13-4-6-15-7-5-13/h4-7,11-12,18H,2-3,8-10H2,1H3,(H,15,16,19). The van der Waals surface area contributed by atoms with Crippen molar-refractivity contribution < 1.29 is 9.90 Å². The molecule has 2 N–H and O–H groups in total. The molecule has 19 heavy (non-hydrogen) atoms. The van der Waals surface area contributed by atoms with Crippen molar-refractivity contribution in [3.05, 3.63) is 24.5 Å². The van der Waals surface area contributed by atoms with Gasteiger partial charge in [0.25, 0.3) is 0 Å². The Morgan fingerprint density at radius 2 is 2.32 bits per heavy atom. The number of anilines is 1. The normalized spacial score (nSPS) is 21.9. The summed E-state index contributed by atoms with van der Waals surface area (Å²) in [6.45, 7) is 3.92. The third kappa shape index (κ3) is 4.29. The first-order chi connectivity index (χ1) is 9.15. The lowest BCUT2D eigenvalue weighted by atomic mass is 9.93. The summed E-state index contributed by atoms with van der Waals surface area (Å²) >= 11 is 0. The Labute approximate surface area is 113 Å². The summed E-state index contributed by atoms with van der Waals surface area (Å²) in [6, 6.07) is 3.54. The third-order valence-electron chi connectivity index (χ3n) is 3.56. The molecule has 2 unspecified atom stereocenters. The zero-order valence-corrected chi connectivity index (χ0v) is 11.2. The minimum absolute atomic E-state index is 0.0163. The van der Waals surface area contributed by atoms with Gasteiger partial charge in [0.1, 0.15) is 0 Å². The minimum atomic E-state index is -0.300. The zero-order valence-electron chi connectivity index (χ0n) is 11.2. The number of likely N-dealkylation sites (tertiary alicyclic amines) is 1. The Morgan fingerprint density at radius 1 is 1.58 bits per heavy atom. The van der Waals surface area contributed by atoms with Gasteiger partial charge in [0, 0.05) is 24.6 Å². The largest absolute Gasteiger partial charge is 0.393 e. The van der Waals surface area contributed by atoms with Crippen molar-refractivity contribution >= 4 is 11.6 Å². The number of carbonyl (C=O) groups excluding carboxylic acids is 1. The number of hydrogen-bond acceptors (Lipinski definition) is 4. The highest BCUT2D eigenvalue weighted by atomic mass is 16.3.